The summed E-state index contributed by atoms with van der Waals surface area (Å²) in [6.07, 6.45) is 0. The third-order valence-corrected chi connectivity index (χ3v) is 4.14. The molecule has 0 aliphatic carbocycles. The molecule has 3 rings (SSSR count). The van der Waals surface area contributed by atoms with E-state index in [2.05, 4.69) is 43.7 Å². The molecule has 0 saturated carbocycles. The van der Waals surface area contributed by atoms with Gasteiger partial charge in [0.15, 0.2) is 0 Å². The number of halogens is 2. The first-order chi connectivity index (χ1) is 12.0. The fourth-order valence-corrected chi connectivity index (χ4v) is 2.48. The van der Waals surface area contributed by atoms with Gasteiger partial charge in [-0.1, -0.05) is 38.8 Å². The zero-order valence-electron chi connectivity index (χ0n) is 14.8. The molecule has 1 aromatic carbocycles. The average molecular weight is 473 g/mol. The van der Waals surface area contributed by atoms with E-state index < -0.39 is 0 Å². The summed E-state index contributed by atoms with van der Waals surface area (Å²) in [4.78, 5) is 9.30. The van der Waals surface area contributed by atoms with Gasteiger partial charge in [0, 0.05) is 0 Å². The molecule has 0 bridgehead atoms. The molecule has 7 heteroatoms. The van der Waals surface area contributed by atoms with Crippen LogP contribution in [-0.4, -0.2) is 37.1 Å². The molecule has 2 aliphatic heterocycles. The molecule has 0 amide bonds. The first kappa shape index (κ1) is 20.7. The number of hydrogen-bond donors (Lipinski definition) is 0. The molecule has 0 unspecified atom stereocenters. The van der Waals surface area contributed by atoms with Crippen LogP contribution in [-0.2, 0) is 24.6 Å². The summed E-state index contributed by atoms with van der Waals surface area (Å²) < 4.78 is 11.5. The van der Waals surface area contributed by atoms with Gasteiger partial charge < -0.3 is 9.47 Å². The van der Waals surface area contributed by atoms with E-state index in [0.717, 1.165) is 11.1 Å². The van der Waals surface area contributed by atoms with Gasteiger partial charge in [-0.05, 0) is 11.8 Å². The Morgan fingerprint density at radius 2 is 1.36 bits per heavy atom. The van der Waals surface area contributed by atoms with Crippen LogP contribution < -0.4 is 0 Å². The SMILES string of the molecule is CC(C)[C@H]1COC(c2[c-]c(C3=N[C@@H](C(C)C)CO3)ccc2)=N1.[Cl][Rh+][Cl]. The Kier molecular flexibility index (Phi) is 8.18. The van der Waals surface area contributed by atoms with Crippen molar-refractivity contribution in [3.05, 3.63) is 35.4 Å². The average Bonchev–Trinajstić information content (AvgIpc) is 3.26. The van der Waals surface area contributed by atoms with Crippen LogP contribution in [0.4, 0.5) is 0 Å². The molecule has 2 heterocycles. The van der Waals surface area contributed by atoms with Gasteiger partial charge in [-0.25, -0.2) is 0 Å². The second-order valence-corrected chi connectivity index (χ2v) is 9.13. The summed E-state index contributed by atoms with van der Waals surface area (Å²) >= 11 is -0.226. The van der Waals surface area contributed by atoms with Crippen LogP contribution in [0.25, 0.3) is 0 Å². The van der Waals surface area contributed by atoms with Crippen molar-refractivity contribution in [1.82, 2.24) is 0 Å². The van der Waals surface area contributed by atoms with Gasteiger partial charge in [0.2, 0.25) is 0 Å². The zero-order valence-corrected chi connectivity index (χ0v) is 17.9. The number of benzene rings is 1. The Balaban J connectivity index is 0.000000701. The first-order valence-electron chi connectivity index (χ1n) is 8.24. The third-order valence-electron chi connectivity index (χ3n) is 4.14. The number of rotatable bonds is 4. The minimum absolute atomic E-state index is 0.226. The second kappa shape index (κ2) is 9.90. The minimum atomic E-state index is -0.226. The maximum atomic E-state index is 5.73. The number of aliphatic imine (C=N–C) groups is 2. The van der Waals surface area contributed by atoms with Crippen molar-refractivity contribution in [3.8, 4) is 0 Å². The standard InChI is InChI=1S/C18H23N2O2.2ClH.Rh/c1-11(2)15-9-21-17(19-15)13-6-5-7-14(8-13)18-20-16(10-22-18)12(3)4;;;/h5-7,11-12,15-16H,9-10H2,1-4H3;2*1H;/q-1;;;+3/p-2/t15-,16-;;;/m1.../s1. The van der Waals surface area contributed by atoms with Crippen molar-refractivity contribution in [2.45, 2.75) is 39.8 Å². The van der Waals surface area contributed by atoms with Crippen LogP contribution >= 0.6 is 19.4 Å². The molecule has 25 heavy (non-hydrogen) atoms. The molecule has 2 atom stereocenters. The van der Waals surface area contributed by atoms with Gasteiger partial charge in [0.25, 0.3) is 0 Å². The van der Waals surface area contributed by atoms with Gasteiger partial charge in [-0.2, -0.15) is 0 Å². The molecule has 0 radical (unpaired) electrons. The van der Waals surface area contributed by atoms with E-state index in [1.165, 1.54) is 0 Å². The normalized spacial score (nSPS) is 22.2. The van der Waals surface area contributed by atoms with Gasteiger partial charge in [-0.3, -0.25) is 9.98 Å². The quantitative estimate of drug-likeness (QED) is 0.479. The predicted octanol–water partition coefficient (Wildman–Crippen LogP) is 4.47. The van der Waals surface area contributed by atoms with Crippen LogP contribution in [0.15, 0.2) is 28.2 Å². The number of hydrogen-bond acceptors (Lipinski definition) is 4. The summed E-state index contributed by atoms with van der Waals surface area (Å²) in [6.45, 7) is 9.94. The summed E-state index contributed by atoms with van der Waals surface area (Å²) in [5.74, 6) is 2.32. The molecule has 0 spiro atoms. The van der Waals surface area contributed by atoms with Gasteiger partial charge in [-0.15, -0.1) is 24.3 Å². The second-order valence-electron chi connectivity index (χ2n) is 6.64. The molecule has 0 saturated heterocycles. The van der Waals surface area contributed by atoms with Crippen molar-refractivity contribution >= 4 is 31.2 Å². The van der Waals surface area contributed by atoms with E-state index in [1.54, 1.807) is 0 Å². The molecular weight excluding hydrogens is 450 g/mol. The van der Waals surface area contributed by atoms with E-state index in [4.69, 9.17) is 28.9 Å². The van der Waals surface area contributed by atoms with Crippen molar-refractivity contribution in [3.63, 3.8) is 0 Å². The van der Waals surface area contributed by atoms with Crippen LogP contribution in [0.3, 0.4) is 0 Å². The van der Waals surface area contributed by atoms with Crippen LogP contribution in [0.2, 0.25) is 0 Å². The molecule has 2 aliphatic rings. The molecular formula is C18H23Cl2N2O2Rh. The molecule has 0 fully saturated rings. The van der Waals surface area contributed by atoms with E-state index in [-0.39, 0.29) is 27.2 Å². The van der Waals surface area contributed by atoms with Crippen LogP contribution in [0, 0.1) is 17.9 Å². The third kappa shape index (κ3) is 5.67. The van der Waals surface area contributed by atoms with E-state index >= 15 is 0 Å². The van der Waals surface area contributed by atoms with Crippen molar-refractivity contribution < 1.29 is 24.6 Å². The number of nitrogens with zero attached hydrogens (tertiary/aromatic N) is 2. The van der Waals surface area contributed by atoms with Crippen molar-refractivity contribution in [2.24, 2.45) is 21.8 Å². The molecule has 0 N–H and O–H groups in total. The fraction of sp³-hybridized carbons (Fsp3) is 0.556. The predicted molar refractivity (Wildman–Crippen MR) is 99.2 cm³/mol. The first-order valence-corrected chi connectivity index (χ1v) is 12.5. The summed E-state index contributed by atoms with van der Waals surface area (Å²) in [5, 5.41) is 0. The molecule has 140 valence electrons. The van der Waals surface area contributed by atoms with Gasteiger partial charge in [0.05, 0.1) is 12.1 Å². The van der Waals surface area contributed by atoms with Crippen LogP contribution in [0.5, 0.6) is 0 Å². The Morgan fingerprint density at radius 3 is 1.68 bits per heavy atom. The number of ether oxygens (including phenoxy) is 2. The van der Waals surface area contributed by atoms with Crippen molar-refractivity contribution in [2.75, 3.05) is 13.2 Å². The monoisotopic (exact) mass is 472 g/mol. The van der Waals surface area contributed by atoms with E-state index in [9.17, 15) is 0 Å². The molecule has 0 aromatic heterocycles. The molecule has 4 nitrogen and oxygen atoms in total. The maximum absolute atomic E-state index is 5.73. The molecule has 1 aromatic rings. The van der Waals surface area contributed by atoms with Crippen LogP contribution in [0.1, 0.15) is 38.8 Å². The Morgan fingerprint density at radius 1 is 0.960 bits per heavy atom. The Bertz CT molecular complexity index is 586. The van der Waals surface area contributed by atoms with Crippen molar-refractivity contribution in [1.29, 1.82) is 0 Å². The Labute approximate surface area is 165 Å². The summed E-state index contributed by atoms with van der Waals surface area (Å²) in [7, 11) is 9.67. The van der Waals surface area contributed by atoms with E-state index in [1.807, 2.05) is 18.2 Å². The fourth-order valence-electron chi connectivity index (χ4n) is 2.48. The summed E-state index contributed by atoms with van der Waals surface area (Å²) in [5.41, 5.74) is 1.75. The van der Waals surface area contributed by atoms with Gasteiger partial charge in [0.1, 0.15) is 25.0 Å². The Hall–Kier alpha value is -0.637. The van der Waals surface area contributed by atoms with Gasteiger partial charge >= 0.3 is 34.5 Å². The van der Waals surface area contributed by atoms with E-state index in [0.29, 0.717) is 36.8 Å². The topological polar surface area (TPSA) is 43.2 Å². The zero-order chi connectivity index (χ0) is 18.4. The summed E-state index contributed by atoms with van der Waals surface area (Å²) in [6, 6.07) is 9.73.